The molecule has 1 atom stereocenters. The number of hydrogen-bond acceptors (Lipinski definition) is 4. The van der Waals surface area contributed by atoms with Crippen LogP contribution < -0.4 is 0 Å². The van der Waals surface area contributed by atoms with E-state index >= 15 is 0 Å². The standard InChI is InChI=1S/C20H31BrN4OSi/c1-15(26-27(5,6)20(2,3)4)13-24-11-12-25-17(14-24)18(21)19(23-25)16-7-9-22-10-8-16/h7-10,15H,11-14H2,1-6H3. The number of hydrogen-bond donors (Lipinski definition) is 0. The summed E-state index contributed by atoms with van der Waals surface area (Å²) in [5.41, 5.74) is 3.34. The van der Waals surface area contributed by atoms with Gasteiger partial charge in [0.1, 0.15) is 5.69 Å². The molecule has 7 heteroatoms. The second-order valence-corrected chi connectivity index (χ2v) is 14.5. The molecule has 0 saturated carbocycles. The fourth-order valence-corrected chi connectivity index (χ4v) is 5.34. The van der Waals surface area contributed by atoms with E-state index in [-0.39, 0.29) is 11.1 Å². The highest BCUT2D eigenvalue weighted by atomic mass is 79.9. The van der Waals surface area contributed by atoms with Crippen molar-refractivity contribution in [3.63, 3.8) is 0 Å². The molecule has 0 aromatic carbocycles. The van der Waals surface area contributed by atoms with Crippen molar-refractivity contribution in [1.29, 1.82) is 0 Å². The van der Waals surface area contributed by atoms with Gasteiger partial charge in [-0.15, -0.1) is 0 Å². The summed E-state index contributed by atoms with van der Waals surface area (Å²) < 4.78 is 9.78. The van der Waals surface area contributed by atoms with Gasteiger partial charge in [-0.2, -0.15) is 5.10 Å². The Morgan fingerprint density at radius 3 is 2.52 bits per heavy atom. The van der Waals surface area contributed by atoms with E-state index in [0.29, 0.717) is 0 Å². The molecule has 27 heavy (non-hydrogen) atoms. The van der Waals surface area contributed by atoms with Crippen molar-refractivity contribution in [1.82, 2.24) is 19.7 Å². The number of nitrogens with zero attached hydrogens (tertiary/aromatic N) is 4. The zero-order valence-corrected chi connectivity index (χ0v) is 19.9. The van der Waals surface area contributed by atoms with E-state index < -0.39 is 8.32 Å². The Morgan fingerprint density at radius 2 is 1.89 bits per heavy atom. The lowest BCUT2D eigenvalue weighted by Crippen LogP contribution is -2.47. The molecule has 0 amide bonds. The number of rotatable bonds is 5. The van der Waals surface area contributed by atoms with Gasteiger partial charge in [0.2, 0.25) is 0 Å². The molecule has 3 rings (SSSR count). The third-order valence-corrected chi connectivity index (χ3v) is 11.2. The quantitative estimate of drug-likeness (QED) is 0.605. The molecule has 2 aromatic heterocycles. The summed E-state index contributed by atoms with van der Waals surface area (Å²) in [6.07, 6.45) is 3.86. The van der Waals surface area contributed by atoms with Gasteiger partial charge in [-0.1, -0.05) is 20.8 Å². The monoisotopic (exact) mass is 450 g/mol. The first-order chi connectivity index (χ1) is 12.6. The van der Waals surface area contributed by atoms with Gasteiger partial charge in [-0.05, 0) is 53.1 Å². The normalized spacial score (nSPS) is 17.0. The van der Waals surface area contributed by atoms with Crippen molar-refractivity contribution in [2.24, 2.45) is 0 Å². The van der Waals surface area contributed by atoms with Crippen LogP contribution in [-0.2, 0) is 17.5 Å². The lowest BCUT2D eigenvalue weighted by Gasteiger charge is -2.40. The van der Waals surface area contributed by atoms with E-state index in [0.717, 1.165) is 41.9 Å². The van der Waals surface area contributed by atoms with E-state index in [1.807, 2.05) is 24.5 Å². The van der Waals surface area contributed by atoms with Crippen molar-refractivity contribution < 1.29 is 4.43 Å². The SMILES string of the molecule is CC(CN1CCn2nc(-c3ccncc3)c(Br)c2C1)O[Si](C)(C)C(C)(C)C. The third-order valence-electron chi connectivity index (χ3n) is 5.77. The molecule has 0 aliphatic carbocycles. The van der Waals surface area contributed by atoms with Crippen LogP contribution >= 0.6 is 15.9 Å². The molecule has 2 aromatic rings. The number of halogens is 1. The topological polar surface area (TPSA) is 43.2 Å². The Kier molecular flexibility index (Phi) is 5.96. The highest BCUT2D eigenvalue weighted by Gasteiger charge is 2.38. The first kappa shape index (κ1) is 20.7. The summed E-state index contributed by atoms with van der Waals surface area (Å²) in [6.45, 7) is 17.5. The third kappa shape index (κ3) is 4.53. The molecule has 1 aliphatic heterocycles. The maximum absolute atomic E-state index is 6.55. The summed E-state index contributed by atoms with van der Waals surface area (Å²) >= 11 is 3.79. The molecular formula is C20H31BrN4OSi. The number of aromatic nitrogens is 3. The zero-order chi connectivity index (χ0) is 19.8. The molecule has 148 valence electrons. The smallest absolute Gasteiger partial charge is 0.192 e. The van der Waals surface area contributed by atoms with Crippen LogP contribution in [0.5, 0.6) is 0 Å². The fourth-order valence-electron chi connectivity index (χ4n) is 3.27. The molecule has 0 bridgehead atoms. The Labute approximate surface area is 172 Å². The highest BCUT2D eigenvalue weighted by molar-refractivity contribution is 9.10. The average molecular weight is 451 g/mol. The van der Waals surface area contributed by atoms with Crippen molar-refractivity contribution in [2.45, 2.75) is 65.0 Å². The lowest BCUT2D eigenvalue weighted by atomic mass is 10.2. The molecule has 0 radical (unpaired) electrons. The van der Waals surface area contributed by atoms with Gasteiger partial charge < -0.3 is 4.43 Å². The molecule has 5 nitrogen and oxygen atoms in total. The highest BCUT2D eigenvalue weighted by Crippen LogP contribution is 2.37. The number of pyridine rings is 1. The molecule has 1 unspecified atom stereocenters. The van der Waals surface area contributed by atoms with Crippen molar-refractivity contribution in [2.75, 3.05) is 13.1 Å². The van der Waals surface area contributed by atoms with Gasteiger partial charge in [-0.3, -0.25) is 14.6 Å². The van der Waals surface area contributed by atoms with Gasteiger partial charge in [0, 0.05) is 37.6 Å². The summed E-state index contributed by atoms with van der Waals surface area (Å²) in [5, 5.41) is 5.06. The first-order valence-corrected chi connectivity index (χ1v) is 13.3. The van der Waals surface area contributed by atoms with E-state index in [9.17, 15) is 0 Å². The molecule has 1 aliphatic rings. The van der Waals surface area contributed by atoms with Crippen LogP contribution in [0.15, 0.2) is 29.0 Å². The van der Waals surface area contributed by atoms with Gasteiger partial charge in [0.05, 0.1) is 22.8 Å². The van der Waals surface area contributed by atoms with E-state index in [1.54, 1.807) is 0 Å². The van der Waals surface area contributed by atoms with E-state index in [2.05, 4.69) is 71.3 Å². The van der Waals surface area contributed by atoms with Gasteiger partial charge in [-0.25, -0.2) is 0 Å². The van der Waals surface area contributed by atoms with Gasteiger partial charge in [0.15, 0.2) is 8.32 Å². The van der Waals surface area contributed by atoms with Crippen LogP contribution in [0.3, 0.4) is 0 Å². The predicted octanol–water partition coefficient (Wildman–Crippen LogP) is 4.93. The van der Waals surface area contributed by atoms with Crippen molar-refractivity contribution >= 4 is 24.2 Å². The second-order valence-electron chi connectivity index (χ2n) is 8.99. The van der Waals surface area contributed by atoms with E-state index in [4.69, 9.17) is 9.52 Å². The second kappa shape index (κ2) is 7.77. The van der Waals surface area contributed by atoms with Crippen LogP contribution in [0, 0.1) is 0 Å². The minimum atomic E-state index is -1.73. The van der Waals surface area contributed by atoms with Crippen molar-refractivity contribution in [3.8, 4) is 11.3 Å². The van der Waals surface area contributed by atoms with Crippen LogP contribution in [0.1, 0.15) is 33.4 Å². The fraction of sp³-hybridized carbons (Fsp3) is 0.600. The molecule has 3 heterocycles. The molecule has 0 saturated heterocycles. The zero-order valence-electron chi connectivity index (χ0n) is 17.3. The van der Waals surface area contributed by atoms with E-state index in [1.165, 1.54) is 5.69 Å². The molecule has 0 fully saturated rings. The number of fused-ring (bicyclic) bond motifs is 1. The Balaban J connectivity index is 1.69. The minimum absolute atomic E-state index is 0.235. The minimum Gasteiger partial charge on any atom is -0.413 e. The maximum atomic E-state index is 6.55. The Bertz CT molecular complexity index is 785. The van der Waals surface area contributed by atoms with Crippen LogP contribution in [0.2, 0.25) is 18.1 Å². The van der Waals surface area contributed by atoms with Crippen LogP contribution in [0.25, 0.3) is 11.3 Å². The average Bonchev–Trinajstić information content (AvgIpc) is 2.91. The van der Waals surface area contributed by atoms with Crippen LogP contribution in [-0.4, -0.2) is 47.2 Å². The summed E-state index contributed by atoms with van der Waals surface area (Å²) in [4.78, 5) is 6.59. The Hall–Kier alpha value is -1.02. The largest absolute Gasteiger partial charge is 0.413 e. The van der Waals surface area contributed by atoms with Crippen molar-refractivity contribution in [3.05, 3.63) is 34.7 Å². The molecule has 0 spiro atoms. The summed E-state index contributed by atoms with van der Waals surface area (Å²) in [6, 6.07) is 4.01. The lowest BCUT2D eigenvalue weighted by molar-refractivity contribution is 0.113. The predicted molar refractivity (Wildman–Crippen MR) is 116 cm³/mol. The van der Waals surface area contributed by atoms with Crippen LogP contribution in [0.4, 0.5) is 0 Å². The first-order valence-electron chi connectivity index (χ1n) is 9.64. The summed E-state index contributed by atoms with van der Waals surface area (Å²) in [5.74, 6) is 0. The van der Waals surface area contributed by atoms with Gasteiger partial charge >= 0.3 is 0 Å². The molecular weight excluding hydrogens is 420 g/mol. The molecule has 0 N–H and O–H groups in total. The maximum Gasteiger partial charge on any atom is 0.192 e. The summed E-state index contributed by atoms with van der Waals surface area (Å²) in [7, 11) is -1.73. The van der Waals surface area contributed by atoms with Gasteiger partial charge in [0.25, 0.3) is 0 Å². The Morgan fingerprint density at radius 1 is 1.22 bits per heavy atom.